The van der Waals surface area contributed by atoms with Gasteiger partial charge in [-0.05, 0) is 37.5 Å². The van der Waals surface area contributed by atoms with Crippen LogP contribution >= 0.6 is 15.9 Å². The topological polar surface area (TPSA) is 15.3 Å². The van der Waals surface area contributed by atoms with Crippen LogP contribution in [0, 0.1) is 0 Å². The van der Waals surface area contributed by atoms with Gasteiger partial charge in [-0.3, -0.25) is 4.90 Å². The summed E-state index contributed by atoms with van der Waals surface area (Å²) in [7, 11) is 0. The fourth-order valence-electron chi connectivity index (χ4n) is 3.56. The molecule has 1 aromatic rings. The molecule has 0 amide bonds. The maximum absolute atomic E-state index is 3.82. The Morgan fingerprint density at radius 1 is 1.37 bits per heavy atom. The van der Waals surface area contributed by atoms with Crippen molar-refractivity contribution in [2.75, 3.05) is 13.1 Å². The van der Waals surface area contributed by atoms with Crippen molar-refractivity contribution in [3.05, 3.63) is 34.3 Å². The molecule has 1 spiro atoms. The first-order valence-electron chi connectivity index (χ1n) is 7.40. The highest BCUT2D eigenvalue weighted by atomic mass is 79.9. The van der Waals surface area contributed by atoms with Crippen LogP contribution in [0.15, 0.2) is 28.7 Å². The quantitative estimate of drug-likeness (QED) is 0.895. The number of rotatable bonds is 2. The SMILES string of the molecule is CC1CNC2(CCCC2)CN1Cc1cccc(Br)c1. The minimum Gasteiger partial charge on any atom is -0.308 e. The predicted molar refractivity (Wildman–Crippen MR) is 83.2 cm³/mol. The molecule has 1 N–H and O–H groups in total. The number of nitrogens with one attached hydrogen (secondary N) is 1. The van der Waals surface area contributed by atoms with Gasteiger partial charge in [-0.25, -0.2) is 0 Å². The average molecular weight is 323 g/mol. The molecule has 1 heterocycles. The van der Waals surface area contributed by atoms with Crippen molar-refractivity contribution < 1.29 is 0 Å². The summed E-state index contributed by atoms with van der Waals surface area (Å²) in [6.45, 7) is 5.76. The van der Waals surface area contributed by atoms with Crippen molar-refractivity contribution in [3.8, 4) is 0 Å². The molecule has 1 aliphatic heterocycles. The monoisotopic (exact) mass is 322 g/mol. The Morgan fingerprint density at radius 3 is 2.89 bits per heavy atom. The minimum absolute atomic E-state index is 0.415. The molecule has 1 aromatic carbocycles. The Kier molecular flexibility index (Phi) is 3.97. The van der Waals surface area contributed by atoms with Crippen LogP contribution in [0.3, 0.4) is 0 Å². The molecule has 3 rings (SSSR count). The number of benzene rings is 1. The summed E-state index contributed by atoms with van der Waals surface area (Å²) in [6, 6.07) is 9.35. The molecule has 19 heavy (non-hydrogen) atoms. The Labute approximate surface area is 124 Å². The van der Waals surface area contributed by atoms with Gasteiger partial charge < -0.3 is 5.32 Å². The average Bonchev–Trinajstić information content (AvgIpc) is 2.83. The first-order valence-corrected chi connectivity index (χ1v) is 8.20. The molecule has 3 heteroatoms. The second-order valence-corrected chi connectivity index (χ2v) is 7.17. The Balaban J connectivity index is 1.71. The molecule has 0 radical (unpaired) electrons. The van der Waals surface area contributed by atoms with Crippen LogP contribution < -0.4 is 5.32 Å². The molecule has 1 atom stereocenters. The zero-order valence-electron chi connectivity index (χ0n) is 11.7. The molecule has 1 unspecified atom stereocenters. The number of hydrogen-bond acceptors (Lipinski definition) is 2. The van der Waals surface area contributed by atoms with Gasteiger partial charge in [-0.2, -0.15) is 0 Å². The van der Waals surface area contributed by atoms with Crippen LogP contribution in [0.5, 0.6) is 0 Å². The molecular formula is C16H23BrN2. The van der Waals surface area contributed by atoms with Gasteiger partial charge in [0.2, 0.25) is 0 Å². The third kappa shape index (κ3) is 3.04. The predicted octanol–water partition coefficient (Wildman–Crippen LogP) is 3.56. The number of halogens is 1. The van der Waals surface area contributed by atoms with Crippen molar-refractivity contribution in [1.29, 1.82) is 0 Å². The summed E-state index contributed by atoms with van der Waals surface area (Å²) in [5.41, 5.74) is 1.83. The van der Waals surface area contributed by atoms with E-state index < -0.39 is 0 Å². The Bertz CT molecular complexity index is 440. The van der Waals surface area contributed by atoms with Crippen LogP contribution in [0.1, 0.15) is 38.2 Å². The van der Waals surface area contributed by atoms with E-state index in [9.17, 15) is 0 Å². The lowest BCUT2D eigenvalue weighted by Crippen LogP contribution is -2.62. The van der Waals surface area contributed by atoms with E-state index >= 15 is 0 Å². The lowest BCUT2D eigenvalue weighted by molar-refractivity contribution is 0.0826. The maximum Gasteiger partial charge on any atom is 0.0309 e. The highest BCUT2D eigenvalue weighted by Crippen LogP contribution is 2.33. The molecule has 0 aromatic heterocycles. The fourth-order valence-corrected chi connectivity index (χ4v) is 4.01. The van der Waals surface area contributed by atoms with Crippen LogP contribution in [0.25, 0.3) is 0 Å². The van der Waals surface area contributed by atoms with Crippen LogP contribution in [0.2, 0.25) is 0 Å². The summed E-state index contributed by atoms with van der Waals surface area (Å²) in [5.74, 6) is 0. The minimum atomic E-state index is 0.415. The molecule has 0 bridgehead atoms. The van der Waals surface area contributed by atoms with Crippen LogP contribution in [0.4, 0.5) is 0 Å². The molecule has 1 saturated heterocycles. The molecule has 104 valence electrons. The van der Waals surface area contributed by atoms with Crippen LogP contribution in [-0.2, 0) is 6.54 Å². The molecule has 2 aliphatic rings. The van der Waals surface area contributed by atoms with E-state index in [1.807, 2.05) is 0 Å². The summed E-state index contributed by atoms with van der Waals surface area (Å²) >= 11 is 3.57. The highest BCUT2D eigenvalue weighted by molar-refractivity contribution is 9.10. The zero-order chi connectivity index (χ0) is 13.3. The van der Waals surface area contributed by atoms with Gasteiger partial charge in [0.1, 0.15) is 0 Å². The number of piperazine rings is 1. The standard InChI is InChI=1S/C16H23BrN2/c1-13-10-18-16(7-2-3-8-16)12-19(13)11-14-5-4-6-15(17)9-14/h4-6,9,13,18H,2-3,7-8,10-12H2,1H3. The van der Waals surface area contributed by atoms with Gasteiger partial charge in [0.25, 0.3) is 0 Å². The van der Waals surface area contributed by atoms with E-state index in [1.54, 1.807) is 0 Å². The highest BCUT2D eigenvalue weighted by Gasteiger charge is 2.39. The van der Waals surface area contributed by atoms with E-state index in [-0.39, 0.29) is 0 Å². The fraction of sp³-hybridized carbons (Fsp3) is 0.625. The van der Waals surface area contributed by atoms with Crippen LogP contribution in [-0.4, -0.2) is 29.6 Å². The van der Waals surface area contributed by atoms with E-state index in [1.165, 1.54) is 42.3 Å². The van der Waals surface area contributed by atoms with Crippen molar-refractivity contribution in [2.24, 2.45) is 0 Å². The zero-order valence-corrected chi connectivity index (χ0v) is 13.2. The second kappa shape index (κ2) is 5.55. The van der Waals surface area contributed by atoms with E-state index in [2.05, 4.69) is 57.3 Å². The summed E-state index contributed by atoms with van der Waals surface area (Å²) in [6.07, 6.45) is 5.50. The molecule has 2 fully saturated rings. The van der Waals surface area contributed by atoms with Crippen molar-refractivity contribution >= 4 is 15.9 Å². The summed E-state index contributed by atoms with van der Waals surface area (Å²) in [5, 5.41) is 3.82. The van der Waals surface area contributed by atoms with E-state index in [0.717, 1.165) is 13.1 Å². The first kappa shape index (κ1) is 13.6. The van der Waals surface area contributed by atoms with Gasteiger partial charge in [-0.1, -0.05) is 40.9 Å². The van der Waals surface area contributed by atoms with Crippen molar-refractivity contribution in [3.63, 3.8) is 0 Å². The normalized spacial score (nSPS) is 26.9. The molecule has 1 saturated carbocycles. The van der Waals surface area contributed by atoms with Gasteiger partial charge in [0.15, 0.2) is 0 Å². The molecule has 2 nitrogen and oxygen atoms in total. The second-order valence-electron chi connectivity index (χ2n) is 6.25. The third-order valence-electron chi connectivity index (χ3n) is 4.74. The molecule has 1 aliphatic carbocycles. The summed E-state index contributed by atoms with van der Waals surface area (Å²) in [4.78, 5) is 2.66. The third-order valence-corrected chi connectivity index (χ3v) is 5.23. The summed E-state index contributed by atoms with van der Waals surface area (Å²) < 4.78 is 1.18. The maximum atomic E-state index is 3.82. The van der Waals surface area contributed by atoms with Crippen molar-refractivity contribution in [1.82, 2.24) is 10.2 Å². The van der Waals surface area contributed by atoms with Gasteiger partial charge in [0.05, 0.1) is 0 Å². The van der Waals surface area contributed by atoms with E-state index in [0.29, 0.717) is 11.6 Å². The van der Waals surface area contributed by atoms with E-state index in [4.69, 9.17) is 0 Å². The Morgan fingerprint density at radius 2 is 2.16 bits per heavy atom. The number of hydrogen-bond donors (Lipinski definition) is 1. The smallest absolute Gasteiger partial charge is 0.0309 e. The van der Waals surface area contributed by atoms with Gasteiger partial charge in [0, 0.05) is 35.7 Å². The van der Waals surface area contributed by atoms with Gasteiger partial charge in [-0.15, -0.1) is 0 Å². The van der Waals surface area contributed by atoms with Crippen molar-refractivity contribution in [2.45, 2.75) is 50.7 Å². The van der Waals surface area contributed by atoms with Gasteiger partial charge >= 0.3 is 0 Å². The molecular weight excluding hydrogens is 300 g/mol. The Hall–Kier alpha value is -0.380. The largest absolute Gasteiger partial charge is 0.308 e. The lowest BCUT2D eigenvalue weighted by Gasteiger charge is -2.45. The lowest BCUT2D eigenvalue weighted by atomic mass is 9.92. The number of nitrogens with zero attached hydrogens (tertiary/aromatic N) is 1. The first-order chi connectivity index (χ1) is 9.17.